The lowest BCUT2D eigenvalue weighted by atomic mass is 10.2. The first-order valence-corrected chi connectivity index (χ1v) is 7.09. The van der Waals surface area contributed by atoms with Crippen molar-refractivity contribution in [2.75, 3.05) is 0 Å². The fourth-order valence-electron chi connectivity index (χ4n) is 1.37. The maximum atomic E-state index is 12.0. The Morgan fingerprint density at radius 2 is 1.15 bits per heavy atom. The van der Waals surface area contributed by atoms with Crippen LogP contribution in [0.3, 0.4) is 0 Å². The minimum atomic E-state index is -5.40. The van der Waals surface area contributed by atoms with Gasteiger partial charge in [-0.25, -0.2) is 8.42 Å². The Morgan fingerprint density at radius 3 is 1.45 bits per heavy atom. The second kappa shape index (κ2) is 4.98. The van der Waals surface area contributed by atoms with Gasteiger partial charge in [0.15, 0.2) is 0 Å². The lowest BCUT2D eigenvalue weighted by Crippen LogP contribution is -2.72. The molecule has 1 rings (SSSR count). The van der Waals surface area contributed by atoms with E-state index in [1.807, 2.05) is 0 Å². The van der Waals surface area contributed by atoms with Crippen LogP contribution in [0.4, 0.5) is 0 Å². The van der Waals surface area contributed by atoms with E-state index in [0.717, 1.165) is 12.1 Å². The van der Waals surface area contributed by atoms with Crippen LogP contribution in [-0.4, -0.2) is 61.0 Å². The zero-order valence-electron chi connectivity index (χ0n) is 9.54. The Kier molecular flexibility index (Phi) is 4.34. The SMILES string of the molecule is O=S(=O)(c1ccc(Br)cc1)C(O)(C(O)(O)O)C(O)(O)O. The molecule has 0 aliphatic carbocycles. The molecule has 0 spiro atoms. The van der Waals surface area contributed by atoms with Crippen molar-refractivity contribution in [3.05, 3.63) is 28.7 Å². The summed E-state index contributed by atoms with van der Waals surface area (Å²) < 4.78 is 24.5. The normalized spacial score (nSPS) is 14.4. The minimum Gasteiger partial charge on any atom is -0.362 e. The van der Waals surface area contributed by atoms with Crippen LogP contribution in [0.2, 0.25) is 0 Å². The first-order chi connectivity index (χ1) is 8.75. The summed E-state index contributed by atoms with van der Waals surface area (Å²) in [5, 5.41) is 63.1. The lowest BCUT2D eigenvalue weighted by Gasteiger charge is -2.39. The molecule has 7 N–H and O–H groups in total. The molecule has 0 aliphatic heterocycles. The molecule has 20 heavy (non-hydrogen) atoms. The fourth-order valence-corrected chi connectivity index (χ4v) is 3.19. The monoisotopic (exact) mass is 374 g/mol. The highest BCUT2D eigenvalue weighted by molar-refractivity contribution is 9.10. The standard InChI is InChI=1S/C9H11BrO9S/c10-5-1-3-6(4-2-5)20(18,19)7(11,8(12,13)14)9(15,16)17/h1-4,11-17H. The van der Waals surface area contributed by atoms with Gasteiger partial charge in [0.2, 0.25) is 9.84 Å². The van der Waals surface area contributed by atoms with E-state index in [9.17, 15) is 13.5 Å². The van der Waals surface area contributed by atoms with Crippen LogP contribution >= 0.6 is 15.9 Å². The number of aliphatic hydroxyl groups is 7. The van der Waals surface area contributed by atoms with Crippen molar-refractivity contribution in [2.24, 2.45) is 0 Å². The summed E-state index contributed by atoms with van der Waals surface area (Å²) in [5.41, 5.74) is 0. The molecule has 9 nitrogen and oxygen atoms in total. The summed E-state index contributed by atoms with van der Waals surface area (Å²) >= 11 is 2.99. The van der Waals surface area contributed by atoms with Gasteiger partial charge in [0.25, 0.3) is 0 Å². The predicted molar refractivity (Wildman–Crippen MR) is 65.1 cm³/mol. The average molecular weight is 375 g/mol. The van der Waals surface area contributed by atoms with Crippen LogP contribution in [0.25, 0.3) is 0 Å². The number of sulfone groups is 1. The van der Waals surface area contributed by atoms with Gasteiger partial charge >= 0.3 is 16.9 Å². The van der Waals surface area contributed by atoms with Gasteiger partial charge in [-0.05, 0) is 24.3 Å². The van der Waals surface area contributed by atoms with Crippen LogP contribution in [0.15, 0.2) is 33.6 Å². The lowest BCUT2D eigenvalue weighted by molar-refractivity contribution is -0.466. The largest absolute Gasteiger partial charge is 0.362 e. The van der Waals surface area contributed by atoms with Crippen LogP contribution in [0, 0.1) is 0 Å². The Labute approximate surface area is 121 Å². The zero-order valence-corrected chi connectivity index (χ0v) is 11.9. The van der Waals surface area contributed by atoms with E-state index < -0.39 is 31.6 Å². The molecule has 1 aromatic rings. The molecular weight excluding hydrogens is 364 g/mol. The number of benzene rings is 1. The van der Waals surface area contributed by atoms with Gasteiger partial charge in [0.05, 0.1) is 4.90 Å². The zero-order chi connectivity index (χ0) is 16.0. The topological polar surface area (TPSA) is 176 Å². The van der Waals surface area contributed by atoms with Gasteiger partial charge in [-0.1, -0.05) is 15.9 Å². The molecular formula is C9H11BrO9S. The van der Waals surface area contributed by atoms with Gasteiger partial charge in [0, 0.05) is 4.47 Å². The summed E-state index contributed by atoms with van der Waals surface area (Å²) in [5.74, 6) is -9.14. The third-order valence-corrected chi connectivity index (χ3v) is 5.17. The molecule has 0 heterocycles. The van der Waals surface area contributed by atoms with Crippen LogP contribution in [0.1, 0.15) is 0 Å². The molecule has 0 atom stereocenters. The van der Waals surface area contributed by atoms with Crippen molar-refractivity contribution in [3.63, 3.8) is 0 Å². The number of hydrogen-bond donors (Lipinski definition) is 7. The van der Waals surface area contributed by atoms with E-state index in [-0.39, 0.29) is 0 Å². The van der Waals surface area contributed by atoms with E-state index in [1.54, 1.807) is 0 Å². The third-order valence-electron chi connectivity index (χ3n) is 2.42. The molecule has 0 radical (unpaired) electrons. The first-order valence-electron chi connectivity index (χ1n) is 4.82. The van der Waals surface area contributed by atoms with Gasteiger partial charge in [0.1, 0.15) is 0 Å². The molecule has 11 heteroatoms. The van der Waals surface area contributed by atoms with Crippen molar-refractivity contribution < 1.29 is 44.2 Å². The predicted octanol–water partition coefficient (Wildman–Crippen LogP) is -2.83. The third kappa shape index (κ3) is 2.59. The molecule has 114 valence electrons. The highest BCUT2D eigenvalue weighted by Gasteiger charge is 2.71. The van der Waals surface area contributed by atoms with E-state index in [1.165, 1.54) is 12.1 Å². The molecule has 0 amide bonds. The Bertz CT molecular complexity index is 567. The fraction of sp³-hybridized carbons (Fsp3) is 0.333. The molecule has 1 aromatic carbocycles. The highest BCUT2D eigenvalue weighted by atomic mass is 79.9. The van der Waals surface area contributed by atoms with Crippen LogP contribution < -0.4 is 0 Å². The van der Waals surface area contributed by atoms with Crippen LogP contribution in [-0.2, 0) is 9.84 Å². The average Bonchev–Trinajstić information content (AvgIpc) is 2.25. The molecule has 0 aromatic heterocycles. The van der Waals surface area contributed by atoms with Crippen molar-refractivity contribution in [1.29, 1.82) is 0 Å². The van der Waals surface area contributed by atoms with Gasteiger partial charge in [-0.2, -0.15) is 0 Å². The van der Waals surface area contributed by atoms with Gasteiger partial charge < -0.3 is 35.7 Å². The number of rotatable bonds is 4. The van der Waals surface area contributed by atoms with E-state index in [0.29, 0.717) is 4.47 Å². The Morgan fingerprint density at radius 1 is 0.800 bits per heavy atom. The summed E-state index contributed by atoms with van der Waals surface area (Å²) in [4.78, 5) is -5.37. The van der Waals surface area contributed by atoms with E-state index in [2.05, 4.69) is 15.9 Å². The molecule has 0 unspecified atom stereocenters. The van der Waals surface area contributed by atoms with Crippen molar-refractivity contribution in [3.8, 4) is 0 Å². The Balaban J connectivity index is 3.61. The smallest absolute Gasteiger partial charge is 0.333 e. The second-order valence-corrected chi connectivity index (χ2v) is 6.86. The number of halogens is 1. The van der Waals surface area contributed by atoms with E-state index >= 15 is 0 Å². The summed E-state index contributed by atoms with van der Waals surface area (Å²) in [6.45, 7) is 0. The molecule has 0 saturated heterocycles. The second-order valence-electron chi connectivity index (χ2n) is 3.87. The molecule has 0 fully saturated rings. The van der Waals surface area contributed by atoms with Gasteiger partial charge in [-0.3, -0.25) is 0 Å². The van der Waals surface area contributed by atoms with Crippen molar-refractivity contribution in [2.45, 2.75) is 21.8 Å². The maximum Gasteiger partial charge on any atom is 0.333 e. The minimum absolute atomic E-state index is 0.423. The summed E-state index contributed by atoms with van der Waals surface area (Å²) in [6, 6.07) is 4.05. The van der Waals surface area contributed by atoms with Crippen LogP contribution in [0.5, 0.6) is 0 Å². The first kappa shape index (κ1) is 17.4. The highest BCUT2D eigenvalue weighted by Crippen LogP contribution is 2.37. The molecule has 0 saturated carbocycles. The van der Waals surface area contributed by atoms with Crippen molar-refractivity contribution in [1.82, 2.24) is 0 Å². The number of hydrogen-bond acceptors (Lipinski definition) is 9. The summed E-state index contributed by atoms with van der Waals surface area (Å²) in [6.07, 6.45) is 0. The quantitative estimate of drug-likeness (QED) is 0.274. The molecule has 0 bridgehead atoms. The van der Waals surface area contributed by atoms with E-state index in [4.69, 9.17) is 30.6 Å². The maximum absolute atomic E-state index is 12.0. The summed E-state index contributed by atoms with van der Waals surface area (Å²) in [7, 11) is -5.40. The van der Waals surface area contributed by atoms with Crippen molar-refractivity contribution >= 4 is 25.8 Å². The molecule has 0 aliphatic rings. The van der Waals surface area contributed by atoms with Gasteiger partial charge in [-0.15, -0.1) is 0 Å². The Hall–Kier alpha value is -0.630.